The van der Waals surface area contributed by atoms with Crippen LogP contribution in [0.1, 0.15) is 38.5 Å². The third kappa shape index (κ3) is 3.53. The van der Waals surface area contributed by atoms with Gasteiger partial charge in [-0.15, -0.1) is 0 Å². The molecular formula is C11H19NO3. The van der Waals surface area contributed by atoms with Crippen LogP contribution in [0.5, 0.6) is 0 Å². The number of hydrogen-bond donors (Lipinski definition) is 1. The van der Waals surface area contributed by atoms with E-state index in [0.717, 1.165) is 38.4 Å². The Hall–Kier alpha value is -1.06. The molecular weight excluding hydrogens is 194 g/mol. The molecule has 4 nitrogen and oxygen atoms in total. The molecule has 0 heterocycles. The van der Waals surface area contributed by atoms with E-state index in [2.05, 4.69) is 0 Å². The molecule has 86 valence electrons. The molecule has 0 aliphatic heterocycles. The lowest BCUT2D eigenvalue weighted by atomic mass is 9.83. The fourth-order valence-electron chi connectivity index (χ4n) is 2.28. The monoisotopic (exact) mass is 213 g/mol. The molecule has 1 aliphatic rings. The van der Waals surface area contributed by atoms with Crippen LogP contribution in [0.2, 0.25) is 0 Å². The van der Waals surface area contributed by atoms with Crippen molar-refractivity contribution in [3.63, 3.8) is 0 Å². The van der Waals surface area contributed by atoms with Crippen molar-refractivity contribution in [3.8, 4) is 0 Å². The second-order valence-corrected chi connectivity index (χ2v) is 4.31. The van der Waals surface area contributed by atoms with E-state index in [1.54, 1.807) is 7.05 Å². The van der Waals surface area contributed by atoms with Gasteiger partial charge in [0.15, 0.2) is 0 Å². The molecule has 0 bridgehead atoms. The predicted molar refractivity (Wildman–Crippen MR) is 56.8 cm³/mol. The van der Waals surface area contributed by atoms with Crippen LogP contribution in [0.25, 0.3) is 0 Å². The molecule has 0 saturated heterocycles. The van der Waals surface area contributed by atoms with Gasteiger partial charge in [-0.2, -0.15) is 0 Å². The average Bonchev–Trinajstić information content (AvgIpc) is 2.26. The Labute approximate surface area is 90.3 Å². The van der Waals surface area contributed by atoms with E-state index in [0.29, 0.717) is 12.3 Å². The van der Waals surface area contributed by atoms with Gasteiger partial charge in [0.2, 0.25) is 0 Å². The number of aldehydes is 1. The number of carbonyl (C=O) groups is 2. The van der Waals surface area contributed by atoms with E-state index >= 15 is 0 Å². The van der Waals surface area contributed by atoms with Crippen LogP contribution in [0.4, 0.5) is 4.79 Å². The van der Waals surface area contributed by atoms with Crippen molar-refractivity contribution in [3.05, 3.63) is 0 Å². The normalized spacial score (nSPS) is 25.9. The summed E-state index contributed by atoms with van der Waals surface area (Å²) in [7, 11) is 1.64. The molecule has 0 spiro atoms. The lowest BCUT2D eigenvalue weighted by molar-refractivity contribution is -0.108. The van der Waals surface area contributed by atoms with Crippen molar-refractivity contribution in [2.24, 2.45) is 5.92 Å². The summed E-state index contributed by atoms with van der Waals surface area (Å²) < 4.78 is 0. The third-order valence-corrected chi connectivity index (χ3v) is 3.36. The van der Waals surface area contributed by atoms with Crippen LogP contribution in [0.15, 0.2) is 0 Å². The topological polar surface area (TPSA) is 57.6 Å². The van der Waals surface area contributed by atoms with Crippen LogP contribution in [-0.2, 0) is 4.79 Å². The van der Waals surface area contributed by atoms with Crippen LogP contribution in [0.3, 0.4) is 0 Å². The average molecular weight is 213 g/mol. The molecule has 0 aromatic heterocycles. The summed E-state index contributed by atoms with van der Waals surface area (Å²) in [6.07, 6.45) is 5.71. The predicted octanol–water partition coefficient (Wildman–Crippen LogP) is 2.13. The quantitative estimate of drug-likeness (QED) is 0.728. The Kier molecular flexibility index (Phi) is 4.59. The van der Waals surface area contributed by atoms with Gasteiger partial charge in [-0.25, -0.2) is 4.79 Å². The maximum atomic E-state index is 10.7. The van der Waals surface area contributed by atoms with Gasteiger partial charge in [-0.3, -0.25) is 0 Å². The molecule has 1 N–H and O–H groups in total. The minimum atomic E-state index is -0.841. The molecule has 0 aromatic rings. The van der Waals surface area contributed by atoms with E-state index in [1.165, 1.54) is 4.90 Å². The van der Waals surface area contributed by atoms with Gasteiger partial charge in [0.05, 0.1) is 0 Å². The molecule has 1 rings (SSSR count). The standard InChI is InChI=1S/C11H19NO3/c1-12(11(14)15)10-6-4-9(5-7-10)3-2-8-13/h8-10H,2-7H2,1H3,(H,14,15). The summed E-state index contributed by atoms with van der Waals surface area (Å²) >= 11 is 0. The maximum Gasteiger partial charge on any atom is 0.407 e. The summed E-state index contributed by atoms with van der Waals surface area (Å²) in [6.45, 7) is 0. The minimum absolute atomic E-state index is 0.176. The van der Waals surface area contributed by atoms with Gasteiger partial charge >= 0.3 is 6.09 Å². The molecule has 0 radical (unpaired) electrons. The first kappa shape index (κ1) is 12.0. The Morgan fingerprint density at radius 3 is 2.47 bits per heavy atom. The lowest BCUT2D eigenvalue weighted by Gasteiger charge is -2.33. The highest BCUT2D eigenvalue weighted by Crippen LogP contribution is 2.29. The first-order chi connectivity index (χ1) is 7.15. The van der Waals surface area contributed by atoms with Gasteiger partial charge < -0.3 is 14.8 Å². The molecule has 1 saturated carbocycles. The summed E-state index contributed by atoms with van der Waals surface area (Å²) in [6, 6.07) is 0.176. The van der Waals surface area contributed by atoms with E-state index in [9.17, 15) is 9.59 Å². The first-order valence-corrected chi connectivity index (χ1v) is 5.54. The van der Waals surface area contributed by atoms with Crippen molar-refractivity contribution < 1.29 is 14.7 Å². The first-order valence-electron chi connectivity index (χ1n) is 5.54. The van der Waals surface area contributed by atoms with Gasteiger partial charge in [-0.05, 0) is 38.0 Å². The zero-order valence-electron chi connectivity index (χ0n) is 9.19. The number of rotatable bonds is 4. The second-order valence-electron chi connectivity index (χ2n) is 4.31. The number of carboxylic acid groups (broad SMARTS) is 1. The summed E-state index contributed by atoms with van der Waals surface area (Å²) in [5.41, 5.74) is 0. The summed E-state index contributed by atoms with van der Waals surface area (Å²) in [4.78, 5) is 22.4. The van der Waals surface area contributed by atoms with E-state index < -0.39 is 6.09 Å². The van der Waals surface area contributed by atoms with Crippen LogP contribution >= 0.6 is 0 Å². The molecule has 1 aliphatic carbocycles. The molecule has 0 aromatic carbocycles. The molecule has 4 heteroatoms. The molecule has 0 atom stereocenters. The van der Waals surface area contributed by atoms with Crippen molar-refractivity contribution in [2.75, 3.05) is 7.05 Å². The fourth-order valence-corrected chi connectivity index (χ4v) is 2.28. The fraction of sp³-hybridized carbons (Fsp3) is 0.818. The van der Waals surface area contributed by atoms with Crippen molar-refractivity contribution in [1.29, 1.82) is 0 Å². The molecule has 1 amide bonds. The van der Waals surface area contributed by atoms with Gasteiger partial charge in [0.25, 0.3) is 0 Å². The Bertz CT molecular complexity index is 222. The minimum Gasteiger partial charge on any atom is -0.465 e. The Balaban J connectivity index is 2.29. The summed E-state index contributed by atoms with van der Waals surface area (Å²) in [5, 5.41) is 8.82. The smallest absolute Gasteiger partial charge is 0.407 e. The number of hydrogen-bond acceptors (Lipinski definition) is 2. The highest BCUT2D eigenvalue weighted by molar-refractivity contribution is 5.64. The molecule has 0 unspecified atom stereocenters. The van der Waals surface area contributed by atoms with Gasteiger partial charge in [-0.1, -0.05) is 0 Å². The zero-order valence-corrected chi connectivity index (χ0v) is 9.19. The van der Waals surface area contributed by atoms with E-state index in [4.69, 9.17) is 5.11 Å². The van der Waals surface area contributed by atoms with E-state index in [-0.39, 0.29) is 6.04 Å². The summed E-state index contributed by atoms with van der Waals surface area (Å²) in [5.74, 6) is 0.619. The number of amides is 1. The van der Waals surface area contributed by atoms with Crippen molar-refractivity contribution >= 4 is 12.4 Å². The second kappa shape index (κ2) is 5.73. The Morgan fingerprint density at radius 2 is 2.00 bits per heavy atom. The van der Waals surface area contributed by atoms with Crippen LogP contribution in [-0.4, -0.2) is 35.5 Å². The third-order valence-electron chi connectivity index (χ3n) is 3.36. The van der Waals surface area contributed by atoms with Crippen molar-refractivity contribution in [1.82, 2.24) is 4.90 Å². The lowest BCUT2D eigenvalue weighted by Crippen LogP contribution is -2.38. The van der Waals surface area contributed by atoms with Crippen LogP contribution in [0, 0.1) is 5.92 Å². The number of nitrogens with zero attached hydrogens (tertiary/aromatic N) is 1. The SMILES string of the molecule is CN(C(=O)O)C1CCC(CCC=O)CC1. The highest BCUT2D eigenvalue weighted by Gasteiger charge is 2.25. The molecule has 15 heavy (non-hydrogen) atoms. The van der Waals surface area contributed by atoms with Gasteiger partial charge in [0.1, 0.15) is 6.29 Å². The van der Waals surface area contributed by atoms with Crippen LogP contribution < -0.4 is 0 Å². The van der Waals surface area contributed by atoms with Crippen molar-refractivity contribution in [2.45, 2.75) is 44.6 Å². The van der Waals surface area contributed by atoms with Gasteiger partial charge in [0, 0.05) is 19.5 Å². The Morgan fingerprint density at radius 1 is 1.40 bits per heavy atom. The maximum absolute atomic E-state index is 10.7. The van der Waals surface area contributed by atoms with E-state index in [1.807, 2.05) is 0 Å². The highest BCUT2D eigenvalue weighted by atomic mass is 16.4. The zero-order chi connectivity index (χ0) is 11.3. The molecule has 1 fully saturated rings. The number of carbonyl (C=O) groups excluding carboxylic acids is 1. The largest absolute Gasteiger partial charge is 0.465 e.